The van der Waals surface area contributed by atoms with E-state index in [1.807, 2.05) is 48.5 Å². The minimum absolute atomic E-state index is 0.237. The highest BCUT2D eigenvalue weighted by Crippen LogP contribution is 2.51. The first-order chi connectivity index (χ1) is 13.7. The summed E-state index contributed by atoms with van der Waals surface area (Å²) < 4.78 is 0. The highest BCUT2D eigenvalue weighted by molar-refractivity contribution is 6.13. The molecular weight excluding hydrogens is 346 g/mol. The van der Waals surface area contributed by atoms with Gasteiger partial charge in [-0.2, -0.15) is 0 Å². The molecule has 1 heterocycles. The van der Waals surface area contributed by atoms with Crippen LogP contribution in [0, 0.1) is 0 Å². The van der Waals surface area contributed by atoms with E-state index in [1.54, 1.807) is 0 Å². The van der Waals surface area contributed by atoms with Crippen LogP contribution in [0.2, 0.25) is 0 Å². The number of imide groups is 1. The van der Waals surface area contributed by atoms with E-state index < -0.39 is 5.41 Å². The zero-order chi connectivity index (χ0) is 19.1. The maximum Gasteiger partial charge on any atom is 0.253 e. The lowest BCUT2D eigenvalue weighted by atomic mass is 9.67. The molecule has 1 unspecified atom stereocenters. The molecule has 0 fully saturated rings. The van der Waals surface area contributed by atoms with E-state index in [0.717, 1.165) is 16.7 Å². The van der Waals surface area contributed by atoms with Crippen LogP contribution in [-0.4, -0.2) is 22.8 Å². The number of amides is 2. The Hall–Kier alpha value is -3.46. The lowest BCUT2D eigenvalue weighted by molar-refractivity contribution is -0.140. The maximum absolute atomic E-state index is 12.7. The van der Waals surface area contributed by atoms with Crippen molar-refractivity contribution in [1.29, 1.82) is 0 Å². The summed E-state index contributed by atoms with van der Waals surface area (Å²) in [5, 5.41) is 0. The minimum atomic E-state index is -0.601. The van der Waals surface area contributed by atoms with Crippen LogP contribution in [0.4, 0.5) is 0 Å². The maximum atomic E-state index is 12.7. The highest BCUT2D eigenvalue weighted by atomic mass is 16.2. The molecule has 2 amide bonds. The number of carbonyl (C=O) groups excluding carboxylic acids is 2. The van der Waals surface area contributed by atoms with E-state index in [4.69, 9.17) is 0 Å². The first-order valence-electron chi connectivity index (χ1n) is 9.47. The van der Waals surface area contributed by atoms with E-state index in [-0.39, 0.29) is 17.9 Å². The average Bonchev–Trinajstić information content (AvgIpc) is 3.26. The van der Waals surface area contributed by atoms with Crippen molar-refractivity contribution in [2.75, 3.05) is 0 Å². The van der Waals surface area contributed by atoms with Gasteiger partial charge in [0.15, 0.2) is 0 Å². The molecule has 1 atom stereocenters. The van der Waals surface area contributed by atoms with Gasteiger partial charge in [-0.15, -0.1) is 0 Å². The summed E-state index contributed by atoms with van der Waals surface area (Å²) in [7, 11) is 0. The Kier molecular flexibility index (Phi) is 3.76. The molecule has 0 spiro atoms. The lowest BCUT2D eigenvalue weighted by Gasteiger charge is -2.41. The van der Waals surface area contributed by atoms with Gasteiger partial charge >= 0.3 is 0 Å². The van der Waals surface area contributed by atoms with Gasteiger partial charge in [0.05, 0.1) is 11.5 Å². The van der Waals surface area contributed by atoms with Crippen molar-refractivity contribution in [2.45, 2.75) is 17.9 Å². The molecule has 3 aromatic rings. The number of rotatable bonds is 3. The smallest absolute Gasteiger partial charge is 0.253 e. The van der Waals surface area contributed by atoms with E-state index in [2.05, 4.69) is 36.4 Å². The molecule has 28 heavy (non-hydrogen) atoms. The van der Waals surface area contributed by atoms with Gasteiger partial charge in [0.1, 0.15) is 0 Å². The minimum Gasteiger partial charge on any atom is -0.270 e. The van der Waals surface area contributed by atoms with E-state index >= 15 is 0 Å². The summed E-state index contributed by atoms with van der Waals surface area (Å²) >= 11 is 0. The molecule has 1 aliphatic carbocycles. The molecule has 0 saturated heterocycles. The molecule has 0 aromatic heterocycles. The number of hydrogen-bond donors (Lipinski definition) is 0. The quantitative estimate of drug-likeness (QED) is 0.661. The summed E-state index contributed by atoms with van der Waals surface area (Å²) in [6, 6.07) is 28.4. The predicted molar refractivity (Wildman–Crippen MR) is 108 cm³/mol. The van der Waals surface area contributed by atoms with Crippen molar-refractivity contribution in [3.05, 3.63) is 119 Å². The van der Waals surface area contributed by atoms with Crippen LogP contribution in [-0.2, 0) is 21.4 Å². The summed E-state index contributed by atoms with van der Waals surface area (Å²) in [5.74, 6) is -0.474. The topological polar surface area (TPSA) is 37.4 Å². The zero-order valence-electron chi connectivity index (χ0n) is 15.3. The van der Waals surface area contributed by atoms with Crippen LogP contribution in [0.5, 0.6) is 0 Å². The fourth-order valence-corrected chi connectivity index (χ4v) is 4.89. The van der Waals surface area contributed by atoms with E-state index in [9.17, 15) is 9.59 Å². The van der Waals surface area contributed by atoms with Gasteiger partial charge in [-0.1, -0.05) is 84.9 Å². The Morgan fingerprint density at radius 2 is 1.18 bits per heavy atom. The molecular formula is C25H19NO2. The molecule has 3 aromatic carbocycles. The first kappa shape index (κ1) is 16.7. The van der Waals surface area contributed by atoms with Gasteiger partial charge in [-0.25, -0.2) is 0 Å². The fourth-order valence-electron chi connectivity index (χ4n) is 4.89. The largest absolute Gasteiger partial charge is 0.270 e. The van der Waals surface area contributed by atoms with Gasteiger partial charge < -0.3 is 0 Å². The third kappa shape index (κ3) is 2.23. The van der Waals surface area contributed by atoms with Crippen molar-refractivity contribution >= 4 is 11.8 Å². The monoisotopic (exact) mass is 365 g/mol. The Labute approximate surface area is 163 Å². The second-order valence-corrected chi connectivity index (χ2v) is 7.30. The molecule has 1 aliphatic heterocycles. The summed E-state index contributed by atoms with van der Waals surface area (Å²) in [5.41, 5.74) is 3.90. The van der Waals surface area contributed by atoms with Crippen LogP contribution in [0.15, 0.2) is 97.1 Å². The fraction of sp³-hybridized carbons (Fsp3) is 0.120. The van der Waals surface area contributed by atoms with Gasteiger partial charge in [-0.05, 0) is 28.7 Å². The SMILES string of the molecule is O=C1C=CC(=O)N1C1Cc2ccccc2C1(c1ccccc1)c1ccccc1. The van der Waals surface area contributed by atoms with Crippen LogP contribution >= 0.6 is 0 Å². The van der Waals surface area contributed by atoms with Gasteiger partial charge in [0, 0.05) is 12.2 Å². The Morgan fingerprint density at radius 3 is 1.75 bits per heavy atom. The molecule has 3 nitrogen and oxygen atoms in total. The summed E-state index contributed by atoms with van der Waals surface area (Å²) in [4.78, 5) is 26.8. The van der Waals surface area contributed by atoms with Crippen molar-refractivity contribution in [3.63, 3.8) is 0 Å². The summed E-state index contributed by atoms with van der Waals surface area (Å²) in [6.07, 6.45) is 3.40. The van der Waals surface area contributed by atoms with Gasteiger partial charge in [-0.3, -0.25) is 14.5 Å². The highest BCUT2D eigenvalue weighted by Gasteiger charge is 2.54. The molecule has 3 heteroatoms. The van der Waals surface area contributed by atoms with Crippen LogP contribution in [0.3, 0.4) is 0 Å². The second-order valence-electron chi connectivity index (χ2n) is 7.30. The molecule has 0 N–H and O–H groups in total. The standard InChI is InChI=1S/C25H19NO2/c27-23-15-16-24(28)26(23)22-17-18-9-7-8-14-21(18)25(22,19-10-3-1-4-11-19)20-12-5-2-6-13-20/h1-16,22H,17H2. The molecule has 136 valence electrons. The van der Waals surface area contributed by atoms with Crippen molar-refractivity contribution < 1.29 is 9.59 Å². The Bertz CT molecular complexity index is 1030. The third-order valence-corrected chi connectivity index (χ3v) is 5.97. The first-order valence-corrected chi connectivity index (χ1v) is 9.47. The number of benzene rings is 3. The zero-order valence-corrected chi connectivity index (χ0v) is 15.3. The third-order valence-electron chi connectivity index (χ3n) is 5.97. The summed E-state index contributed by atoms with van der Waals surface area (Å²) in [6.45, 7) is 0. The number of carbonyl (C=O) groups is 2. The van der Waals surface area contributed by atoms with Crippen molar-refractivity contribution in [3.8, 4) is 0 Å². The van der Waals surface area contributed by atoms with Crippen molar-refractivity contribution in [2.24, 2.45) is 0 Å². The van der Waals surface area contributed by atoms with Gasteiger partial charge in [0.25, 0.3) is 11.8 Å². The second kappa shape index (κ2) is 6.31. The lowest BCUT2D eigenvalue weighted by Crippen LogP contribution is -2.52. The van der Waals surface area contributed by atoms with Crippen LogP contribution in [0.1, 0.15) is 22.3 Å². The van der Waals surface area contributed by atoms with Crippen LogP contribution in [0.25, 0.3) is 0 Å². The number of fused-ring (bicyclic) bond motifs is 1. The van der Waals surface area contributed by atoms with Crippen LogP contribution < -0.4 is 0 Å². The molecule has 0 radical (unpaired) electrons. The van der Waals surface area contributed by atoms with E-state index in [0.29, 0.717) is 6.42 Å². The molecule has 2 aliphatic rings. The Balaban J connectivity index is 1.85. The van der Waals surface area contributed by atoms with Gasteiger partial charge in [0.2, 0.25) is 0 Å². The average molecular weight is 365 g/mol. The normalized spacial score (nSPS) is 19.9. The number of hydrogen-bond acceptors (Lipinski definition) is 2. The molecule has 0 bridgehead atoms. The predicted octanol–water partition coefficient (Wildman–Crippen LogP) is 3.87. The van der Waals surface area contributed by atoms with E-state index in [1.165, 1.54) is 22.6 Å². The van der Waals surface area contributed by atoms with Crippen molar-refractivity contribution in [1.82, 2.24) is 4.90 Å². The molecule has 0 saturated carbocycles. The Morgan fingerprint density at radius 1 is 0.679 bits per heavy atom. The number of nitrogens with zero attached hydrogens (tertiary/aromatic N) is 1. The molecule has 5 rings (SSSR count).